The highest BCUT2D eigenvalue weighted by molar-refractivity contribution is 7.92. The number of nitrogens with two attached hydrogens (primary N) is 1. The Labute approximate surface area is 103 Å². The van der Waals surface area contributed by atoms with Gasteiger partial charge in [0.15, 0.2) is 0 Å². The molecule has 17 heavy (non-hydrogen) atoms. The van der Waals surface area contributed by atoms with Gasteiger partial charge in [0.1, 0.15) is 0 Å². The summed E-state index contributed by atoms with van der Waals surface area (Å²) < 4.78 is 24.1. The fourth-order valence-corrected chi connectivity index (χ4v) is 2.07. The summed E-state index contributed by atoms with van der Waals surface area (Å²) in [5, 5.41) is 0. The van der Waals surface area contributed by atoms with Crippen molar-refractivity contribution in [3.05, 3.63) is 29.8 Å². The summed E-state index contributed by atoms with van der Waals surface area (Å²) >= 11 is 0. The maximum Gasteiger partial charge on any atom is 0.231 e. The molecule has 0 radical (unpaired) electrons. The summed E-state index contributed by atoms with van der Waals surface area (Å²) in [4.78, 5) is 0. The maximum absolute atomic E-state index is 11.4. The largest absolute Gasteiger partial charge is 0.330 e. The number of unbranched alkanes of at least 4 members (excludes halogenated alkanes) is 1. The van der Waals surface area contributed by atoms with Crippen molar-refractivity contribution < 1.29 is 8.42 Å². The van der Waals surface area contributed by atoms with Crippen molar-refractivity contribution in [2.45, 2.75) is 19.3 Å². The van der Waals surface area contributed by atoms with Crippen molar-refractivity contribution in [2.75, 3.05) is 24.2 Å². The molecule has 0 bridgehead atoms. The third-order valence-corrected chi connectivity index (χ3v) is 3.90. The Morgan fingerprint density at radius 2 is 2.00 bits per heavy atom. The van der Waals surface area contributed by atoms with Crippen molar-refractivity contribution in [1.29, 1.82) is 0 Å². The molecule has 0 aliphatic rings. The van der Waals surface area contributed by atoms with Gasteiger partial charge in [-0.3, -0.25) is 4.31 Å². The average Bonchev–Trinajstić information content (AvgIpc) is 2.28. The third-order valence-electron chi connectivity index (χ3n) is 2.69. The van der Waals surface area contributed by atoms with E-state index in [1.807, 2.05) is 18.2 Å². The van der Waals surface area contributed by atoms with Crippen LogP contribution in [-0.4, -0.2) is 28.3 Å². The van der Waals surface area contributed by atoms with Gasteiger partial charge in [0, 0.05) is 7.05 Å². The zero-order valence-corrected chi connectivity index (χ0v) is 11.2. The van der Waals surface area contributed by atoms with Gasteiger partial charge in [0.25, 0.3) is 0 Å². The molecule has 2 N–H and O–H groups in total. The topological polar surface area (TPSA) is 63.4 Å². The first kappa shape index (κ1) is 14.0. The summed E-state index contributed by atoms with van der Waals surface area (Å²) in [6.07, 6.45) is 4.16. The molecule has 96 valence electrons. The van der Waals surface area contributed by atoms with Gasteiger partial charge in [0.05, 0.1) is 11.9 Å². The molecule has 0 amide bonds. The minimum atomic E-state index is -3.18. The molecule has 0 atom stereocenters. The van der Waals surface area contributed by atoms with E-state index in [-0.39, 0.29) is 0 Å². The number of benzene rings is 1. The summed E-state index contributed by atoms with van der Waals surface area (Å²) in [5.74, 6) is 0. The lowest BCUT2D eigenvalue weighted by atomic mass is 10.1. The minimum absolute atomic E-state index is 0.697. The quantitative estimate of drug-likeness (QED) is 0.782. The zero-order valence-electron chi connectivity index (χ0n) is 10.4. The van der Waals surface area contributed by atoms with E-state index < -0.39 is 10.0 Å². The van der Waals surface area contributed by atoms with Crippen molar-refractivity contribution in [1.82, 2.24) is 0 Å². The lowest BCUT2D eigenvalue weighted by Gasteiger charge is -2.17. The van der Waals surface area contributed by atoms with Crippen LogP contribution in [0.15, 0.2) is 24.3 Å². The predicted molar refractivity (Wildman–Crippen MR) is 71.7 cm³/mol. The van der Waals surface area contributed by atoms with E-state index in [1.54, 1.807) is 13.1 Å². The molecule has 0 aliphatic carbocycles. The van der Waals surface area contributed by atoms with Gasteiger partial charge in [-0.25, -0.2) is 8.42 Å². The van der Waals surface area contributed by atoms with Crippen molar-refractivity contribution in [2.24, 2.45) is 5.73 Å². The van der Waals surface area contributed by atoms with Crippen molar-refractivity contribution in [3.8, 4) is 0 Å². The Balaban J connectivity index is 2.79. The van der Waals surface area contributed by atoms with Crippen LogP contribution in [0.25, 0.3) is 0 Å². The fraction of sp³-hybridized carbons (Fsp3) is 0.500. The highest BCUT2D eigenvalue weighted by Crippen LogP contribution is 2.18. The maximum atomic E-state index is 11.4. The van der Waals surface area contributed by atoms with E-state index >= 15 is 0 Å². The molecular weight excluding hydrogens is 236 g/mol. The van der Waals surface area contributed by atoms with Crippen LogP contribution in [0.3, 0.4) is 0 Å². The first-order chi connectivity index (χ1) is 7.95. The molecule has 1 rings (SSSR count). The average molecular weight is 256 g/mol. The van der Waals surface area contributed by atoms with Gasteiger partial charge < -0.3 is 5.73 Å². The highest BCUT2D eigenvalue weighted by atomic mass is 32.2. The summed E-state index contributed by atoms with van der Waals surface area (Å²) in [6.45, 7) is 0.697. The first-order valence-corrected chi connectivity index (χ1v) is 7.53. The van der Waals surface area contributed by atoms with Crippen LogP contribution >= 0.6 is 0 Å². The van der Waals surface area contributed by atoms with Crippen molar-refractivity contribution in [3.63, 3.8) is 0 Å². The van der Waals surface area contributed by atoms with Crippen LogP contribution in [0.2, 0.25) is 0 Å². The van der Waals surface area contributed by atoms with Gasteiger partial charge in [0.2, 0.25) is 10.0 Å². The van der Waals surface area contributed by atoms with Gasteiger partial charge in [-0.1, -0.05) is 12.1 Å². The first-order valence-electron chi connectivity index (χ1n) is 5.68. The van der Waals surface area contributed by atoms with Gasteiger partial charge in [-0.05, 0) is 43.5 Å². The standard InChI is InChI=1S/C12H20N2O2S/c1-14(17(2,15)16)12-8-5-7-11(10-12)6-3-4-9-13/h5,7-8,10H,3-4,6,9,13H2,1-2H3. The van der Waals surface area contributed by atoms with Crippen LogP contribution in [0, 0.1) is 0 Å². The van der Waals surface area contributed by atoms with E-state index in [4.69, 9.17) is 5.73 Å². The molecule has 0 fully saturated rings. The second-order valence-electron chi connectivity index (χ2n) is 4.15. The number of anilines is 1. The number of sulfonamides is 1. The molecule has 1 aromatic rings. The fourth-order valence-electron chi connectivity index (χ4n) is 1.57. The molecule has 0 aliphatic heterocycles. The van der Waals surface area contributed by atoms with Crippen LogP contribution < -0.4 is 10.0 Å². The summed E-state index contributed by atoms with van der Waals surface area (Å²) in [7, 11) is -1.62. The van der Waals surface area contributed by atoms with Crippen LogP contribution in [0.1, 0.15) is 18.4 Å². The lowest BCUT2D eigenvalue weighted by molar-refractivity contribution is 0.600. The number of hydrogen-bond acceptors (Lipinski definition) is 3. The molecule has 0 saturated carbocycles. The Bertz CT molecular complexity index is 457. The van der Waals surface area contributed by atoms with Crippen molar-refractivity contribution >= 4 is 15.7 Å². The molecular formula is C12H20N2O2S. The zero-order chi connectivity index (χ0) is 12.9. The summed E-state index contributed by atoms with van der Waals surface area (Å²) in [6, 6.07) is 7.61. The lowest BCUT2D eigenvalue weighted by Crippen LogP contribution is -2.24. The van der Waals surface area contributed by atoms with E-state index in [0.717, 1.165) is 24.8 Å². The monoisotopic (exact) mass is 256 g/mol. The van der Waals surface area contributed by atoms with E-state index in [2.05, 4.69) is 0 Å². The minimum Gasteiger partial charge on any atom is -0.330 e. The third kappa shape index (κ3) is 4.36. The molecule has 0 aromatic heterocycles. The molecule has 1 aromatic carbocycles. The van der Waals surface area contributed by atoms with Crippen LogP contribution in [0.5, 0.6) is 0 Å². The molecule has 0 spiro atoms. The van der Waals surface area contributed by atoms with Gasteiger partial charge in [-0.15, -0.1) is 0 Å². The van der Waals surface area contributed by atoms with E-state index in [1.165, 1.54) is 10.6 Å². The number of hydrogen-bond donors (Lipinski definition) is 1. The Hall–Kier alpha value is -1.07. The second-order valence-corrected chi connectivity index (χ2v) is 6.16. The van der Waals surface area contributed by atoms with Crippen LogP contribution in [0.4, 0.5) is 5.69 Å². The molecule has 0 saturated heterocycles. The Morgan fingerprint density at radius 1 is 1.29 bits per heavy atom. The highest BCUT2D eigenvalue weighted by Gasteiger charge is 2.11. The second kappa shape index (κ2) is 6.02. The normalized spacial score (nSPS) is 11.5. The number of rotatable bonds is 6. The van der Waals surface area contributed by atoms with E-state index in [9.17, 15) is 8.42 Å². The Kier molecular flexibility index (Phi) is 4.96. The molecule has 5 heteroatoms. The molecule has 0 heterocycles. The molecule has 4 nitrogen and oxygen atoms in total. The molecule has 0 unspecified atom stereocenters. The van der Waals surface area contributed by atoms with Gasteiger partial charge >= 0.3 is 0 Å². The van der Waals surface area contributed by atoms with E-state index in [0.29, 0.717) is 12.2 Å². The SMILES string of the molecule is CN(c1cccc(CCCCN)c1)S(C)(=O)=O. The van der Waals surface area contributed by atoms with Gasteiger partial charge in [-0.2, -0.15) is 0 Å². The van der Waals surface area contributed by atoms with Crippen LogP contribution in [-0.2, 0) is 16.4 Å². The smallest absolute Gasteiger partial charge is 0.231 e. The number of aryl methyl sites for hydroxylation is 1. The number of nitrogens with zero attached hydrogens (tertiary/aromatic N) is 1. The predicted octanol–water partition coefficient (Wildman–Crippen LogP) is 1.36. The summed E-state index contributed by atoms with van der Waals surface area (Å²) in [5.41, 5.74) is 7.29. The Morgan fingerprint density at radius 3 is 2.59 bits per heavy atom.